The second-order valence-corrected chi connectivity index (χ2v) is 8.26. The average molecular weight is 357 g/mol. The van der Waals surface area contributed by atoms with Crippen LogP contribution in [0.1, 0.15) is 24.2 Å². The topological polar surface area (TPSA) is 43.4 Å². The molecule has 0 radical (unpaired) electrons. The molecule has 0 saturated heterocycles. The largest absolute Gasteiger partial charge is 0.497 e. The highest BCUT2D eigenvalue weighted by Crippen LogP contribution is 2.42. The molecule has 7 heteroatoms. The van der Waals surface area contributed by atoms with Gasteiger partial charge in [-0.05, 0) is 13.8 Å². The van der Waals surface area contributed by atoms with Crippen molar-refractivity contribution in [1.82, 2.24) is 0 Å². The third-order valence-corrected chi connectivity index (χ3v) is 7.16. The Kier molecular flexibility index (Phi) is 4.62. The number of benzene rings is 1. The highest BCUT2D eigenvalue weighted by Gasteiger charge is 2.41. The van der Waals surface area contributed by atoms with Crippen LogP contribution in [0, 0.1) is 11.6 Å². The van der Waals surface area contributed by atoms with Crippen LogP contribution in [-0.4, -0.2) is 26.5 Å². The van der Waals surface area contributed by atoms with E-state index in [0.29, 0.717) is 0 Å². The Morgan fingerprint density at radius 2 is 1.68 bits per heavy atom. The summed E-state index contributed by atoms with van der Waals surface area (Å²) in [5, 5.41) is 0. The SMILES string of the molecule is COc1cc(F)c(C(Br)C(C)(C)S(C)(=O)=O)c(F)c1. The Hall–Kier alpha value is -0.690. The Morgan fingerprint density at radius 3 is 2.00 bits per heavy atom. The minimum absolute atomic E-state index is 0.0376. The first-order valence-corrected chi connectivity index (χ1v) is 8.19. The highest BCUT2D eigenvalue weighted by atomic mass is 79.9. The molecule has 0 heterocycles. The van der Waals surface area contributed by atoms with Crippen molar-refractivity contribution < 1.29 is 21.9 Å². The average Bonchev–Trinajstić information content (AvgIpc) is 2.25. The zero-order valence-corrected chi connectivity index (χ0v) is 13.4. The van der Waals surface area contributed by atoms with Crippen LogP contribution in [0.4, 0.5) is 8.78 Å². The maximum absolute atomic E-state index is 13.9. The van der Waals surface area contributed by atoms with Crippen LogP contribution in [0.25, 0.3) is 0 Å². The van der Waals surface area contributed by atoms with E-state index < -0.39 is 31.0 Å². The second-order valence-electron chi connectivity index (χ2n) is 4.74. The van der Waals surface area contributed by atoms with Gasteiger partial charge in [-0.3, -0.25) is 0 Å². The van der Waals surface area contributed by atoms with Gasteiger partial charge < -0.3 is 4.74 Å². The fraction of sp³-hybridized carbons (Fsp3) is 0.500. The van der Waals surface area contributed by atoms with E-state index in [4.69, 9.17) is 4.74 Å². The van der Waals surface area contributed by atoms with Crippen molar-refractivity contribution in [2.45, 2.75) is 23.4 Å². The molecule has 1 unspecified atom stereocenters. The third kappa shape index (κ3) is 3.08. The number of hydrogen-bond acceptors (Lipinski definition) is 3. The lowest BCUT2D eigenvalue weighted by atomic mass is 10.0. The Labute approximate surface area is 120 Å². The van der Waals surface area contributed by atoms with Crippen molar-refractivity contribution in [2.24, 2.45) is 0 Å². The maximum Gasteiger partial charge on any atom is 0.154 e. The van der Waals surface area contributed by atoms with E-state index >= 15 is 0 Å². The minimum Gasteiger partial charge on any atom is -0.497 e. The number of sulfone groups is 1. The molecule has 19 heavy (non-hydrogen) atoms. The molecule has 0 N–H and O–H groups in total. The molecule has 0 fully saturated rings. The number of rotatable bonds is 4. The zero-order valence-electron chi connectivity index (χ0n) is 11.0. The summed E-state index contributed by atoms with van der Waals surface area (Å²) in [5.41, 5.74) is -0.323. The molecule has 0 amide bonds. The van der Waals surface area contributed by atoms with Crippen molar-refractivity contribution in [3.8, 4) is 5.75 Å². The van der Waals surface area contributed by atoms with Gasteiger partial charge in [0.05, 0.1) is 16.7 Å². The first-order chi connectivity index (χ1) is 8.52. The summed E-state index contributed by atoms with van der Waals surface area (Å²) in [7, 11) is -2.22. The number of alkyl halides is 1. The van der Waals surface area contributed by atoms with Gasteiger partial charge in [0.1, 0.15) is 17.4 Å². The molecule has 0 aromatic heterocycles. The van der Waals surface area contributed by atoms with Gasteiger partial charge in [0, 0.05) is 24.0 Å². The Balaban J connectivity index is 3.40. The molecule has 0 aliphatic rings. The molecule has 108 valence electrons. The molecule has 3 nitrogen and oxygen atoms in total. The third-order valence-electron chi connectivity index (χ3n) is 3.11. The monoisotopic (exact) mass is 356 g/mol. The van der Waals surface area contributed by atoms with E-state index in [1.165, 1.54) is 21.0 Å². The number of ether oxygens (including phenoxy) is 1. The lowest BCUT2D eigenvalue weighted by Crippen LogP contribution is -2.36. The van der Waals surface area contributed by atoms with Crippen LogP contribution in [0.5, 0.6) is 5.75 Å². The van der Waals surface area contributed by atoms with Crippen LogP contribution in [0.15, 0.2) is 12.1 Å². The van der Waals surface area contributed by atoms with E-state index in [1.54, 1.807) is 0 Å². The van der Waals surface area contributed by atoms with Gasteiger partial charge in [0.25, 0.3) is 0 Å². The van der Waals surface area contributed by atoms with Gasteiger partial charge in [-0.1, -0.05) is 15.9 Å². The van der Waals surface area contributed by atoms with E-state index in [1.807, 2.05) is 0 Å². The van der Waals surface area contributed by atoms with Crippen molar-refractivity contribution in [3.05, 3.63) is 29.3 Å². The molecule has 1 aromatic rings. The molecule has 0 aliphatic carbocycles. The second kappa shape index (κ2) is 5.36. The van der Waals surface area contributed by atoms with Gasteiger partial charge in [-0.2, -0.15) is 0 Å². The smallest absolute Gasteiger partial charge is 0.154 e. The summed E-state index contributed by atoms with van der Waals surface area (Å²) < 4.78 is 54.7. The molecule has 0 saturated carbocycles. The predicted molar refractivity (Wildman–Crippen MR) is 73.5 cm³/mol. The minimum atomic E-state index is -3.51. The van der Waals surface area contributed by atoms with Gasteiger partial charge in [0.15, 0.2) is 9.84 Å². The lowest BCUT2D eigenvalue weighted by molar-refractivity contribution is 0.404. The van der Waals surface area contributed by atoms with Gasteiger partial charge in [-0.15, -0.1) is 0 Å². The number of methoxy groups -OCH3 is 1. The summed E-state index contributed by atoms with van der Waals surface area (Å²) in [5.74, 6) is -1.67. The van der Waals surface area contributed by atoms with E-state index in [0.717, 1.165) is 18.4 Å². The molecule has 1 atom stereocenters. The van der Waals surface area contributed by atoms with E-state index in [-0.39, 0.29) is 11.3 Å². The summed E-state index contributed by atoms with van der Waals surface area (Å²) >= 11 is 3.09. The molecule has 0 spiro atoms. The van der Waals surface area contributed by atoms with Crippen LogP contribution in [-0.2, 0) is 9.84 Å². The van der Waals surface area contributed by atoms with Crippen LogP contribution < -0.4 is 4.74 Å². The lowest BCUT2D eigenvalue weighted by Gasteiger charge is -2.29. The number of halogens is 3. The van der Waals surface area contributed by atoms with Crippen LogP contribution in [0.3, 0.4) is 0 Å². The Morgan fingerprint density at radius 1 is 1.26 bits per heavy atom. The van der Waals surface area contributed by atoms with Gasteiger partial charge in [0.2, 0.25) is 0 Å². The van der Waals surface area contributed by atoms with Crippen LogP contribution >= 0.6 is 15.9 Å². The van der Waals surface area contributed by atoms with E-state index in [2.05, 4.69) is 15.9 Å². The predicted octanol–water partition coefficient (Wildman–Crippen LogP) is 3.23. The molecular formula is C12H15BrF2O3S. The normalized spacial score (nSPS) is 14.3. The van der Waals surface area contributed by atoms with Gasteiger partial charge >= 0.3 is 0 Å². The van der Waals surface area contributed by atoms with Crippen molar-refractivity contribution >= 4 is 25.8 Å². The number of hydrogen-bond donors (Lipinski definition) is 0. The summed E-state index contributed by atoms with van der Waals surface area (Å²) in [6, 6.07) is 2.04. The highest BCUT2D eigenvalue weighted by molar-refractivity contribution is 9.09. The van der Waals surface area contributed by atoms with Crippen molar-refractivity contribution in [2.75, 3.05) is 13.4 Å². The first kappa shape index (κ1) is 16.4. The quantitative estimate of drug-likeness (QED) is 0.777. The van der Waals surface area contributed by atoms with E-state index in [9.17, 15) is 17.2 Å². The molecule has 1 aromatic carbocycles. The van der Waals surface area contributed by atoms with Gasteiger partial charge in [-0.25, -0.2) is 17.2 Å². The fourth-order valence-corrected chi connectivity index (χ4v) is 3.41. The fourth-order valence-electron chi connectivity index (χ4n) is 1.46. The maximum atomic E-state index is 13.9. The summed E-state index contributed by atoms with van der Waals surface area (Å²) in [6.45, 7) is 2.82. The molecule has 0 aliphatic heterocycles. The standard InChI is InChI=1S/C12H15BrF2O3S/c1-12(2,19(4,16)17)11(13)10-8(14)5-7(18-3)6-9(10)15/h5-6,11H,1-4H3. The molecule has 1 rings (SSSR count). The van der Waals surface area contributed by atoms with Crippen LogP contribution in [0.2, 0.25) is 0 Å². The summed E-state index contributed by atoms with van der Waals surface area (Å²) in [4.78, 5) is -1.01. The zero-order chi connectivity index (χ0) is 15.0. The molecular weight excluding hydrogens is 342 g/mol. The molecule has 0 bridgehead atoms. The van der Waals surface area contributed by atoms with Crippen molar-refractivity contribution in [1.29, 1.82) is 0 Å². The van der Waals surface area contributed by atoms with Crippen molar-refractivity contribution in [3.63, 3.8) is 0 Å². The Bertz CT molecular complexity index is 562. The summed E-state index contributed by atoms with van der Waals surface area (Å²) in [6.07, 6.45) is 1.03. The first-order valence-electron chi connectivity index (χ1n) is 5.39.